The molecule has 0 saturated carbocycles. The molecule has 0 aliphatic carbocycles. The summed E-state index contributed by atoms with van der Waals surface area (Å²) in [7, 11) is 0. The van der Waals surface area contributed by atoms with Crippen molar-refractivity contribution < 1.29 is 0 Å². The van der Waals surface area contributed by atoms with Crippen molar-refractivity contribution in [3.63, 3.8) is 0 Å². The highest BCUT2D eigenvalue weighted by atomic mass is 35.5. The summed E-state index contributed by atoms with van der Waals surface area (Å²) in [6.07, 6.45) is 3.21. The minimum absolute atomic E-state index is 0.551. The van der Waals surface area contributed by atoms with Crippen LogP contribution in [0.2, 0.25) is 10.2 Å². The molecule has 0 bridgehead atoms. The third-order valence-electron chi connectivity index (χ3n) is 3.19. The number of aromatic amines is 1. The summed E-state index contributed by atoms with van der Waals surface area (Å²) in [4.78, 5) is 7.63. The van der Waals surface area contributed by atoms with Gasteiger partial charge in [0.1, 0.15) is 5.82 Å². The fourth-order valence-electron chi connectivity index (χ4n) is 2.03. The van der Waals surface area contributed by atoms with Crippen molar-refractivity contribution in [2.75, 3.05) is 5.32 Å². The first-order valence-corrected chi connectivity index (χ1v) is 7.59. The first-order valence-electron chi connectivity index (χ1n) is 6.83. The van der Waals surface area contributed by atoms with Crippen molar-refractivity contribution in [2.45, 2.75) is 39.7 Å². The van der Waals surface area contributed by atoms with Gasteiger partial charge in [0.2, 0.25) is 0 Å². The Kier molecular flexibility index (Phi) is 5.32. The Morgan fingerprint density at radius 1 is 1.30 bits per heavy atom. The van der Waals surface area contributed by atoms with Crippen molar-refractivity contribution in [3.8, 4) is 0 Å². The van der Waals surface area contributed by atoms with Gasteiger partial charge < -0.3 is 10.3 Å². The number of aryl methyl sites for hydroxylation is 2. The van der Waals surface area contributed by atoms with E-state index >= 15 is 0 Å². The Labute approximate surface area is 129 Å². The van der Waals surface area contributed by atoms with E-state index in [4.69, 9.17) is 23.2 Å². The molecule has 0 saturated heterocycles. The van der Waals surface area contributed by atoms with Crippen molar-refractivity contribution in [3.05, 3.63) is 45.5 Å². The topological polar surface area (TPSA) is 40.7 Å². The van der Waals surface area contributed by atoms with Crippen molar-refractivity contribution >= 4 is 28.9 Å². The van der Waals surface area contributed by atoms with Crippen LogP contribution >= 0.6 is 23.2 Å². The number of benzene rings is 1. The summed E-state index contributed by atoms with van der Waals surface area (Å²) < 4.78 is 0. The minimum atomic E-state index is 0.551. The lowest BCUT2D eigenvalue weighted by molar-refractivity contribution is 0.760. The van der Waals surface area contributed by atoms with Crippen LogP contribution in [0.25, 0.3) is 0 Å². The van der Waals surface area contributed by atoms with Gasteiger partial charge in [-0.25, -0.2) is 4.98 Å². The number of rotatable bonds is 6. The Morgan fingerprint density at radius 3 is 2.80 bits per heavy atom. The number of H-pyrrole nitrogens is 1. The predicted octanol–water partition coefficient (Wildman–Crippen LogP) is 4.98. The van der Waals surface area contributed by atoms with Gasteiger partial charge in [-0.15, -0.1) is 0 Å². The van der Waals surface area contributed by atoms with Crippen LogP contribution in [0.3, 0.4) is 0 Å². The number of anilines is 1. The molecule has 0 radical (unpaired) electrons. The molecule has 108 valence electrons. The fourth-order valence-corrected chi connectivity index (χ4v) is 2.47. The number of imidazole rings is 1. The highest BCUT2D eigenvalue weighted by molar-refractivity contribution is 6.30. The van der Waals surface area contributed by atoms with Gasteiger partial charge in [0.15, 0.2) is 5.15 Å². The molecule has 0 aliphatic heterocycles. The third-order valence-corrected chi connectivity index (χ3v) is 3.74. The summed E-state index contributed by atoms with van der Waals surface area (Å²) in [6, 6.07) is 5.78. The van der Waals surface area contributed by atoms with Crippen LogP contribution in [0.15, 0.2) is 18.2 Å². The number of hydrogen-bond donors (Lipinski definition) is 2. The van der Waals surface area contributed by atoms with Crippen molar-refractivity contribution in [1.82, 2.24) is 9.97 Å². The van der Waals surface area contributed by atoms with Gasteiger partial charge in [-0.2, -0.15) is 0 Å². The molecule has 0 unspecified atom stereocenters. The monoisotopic (exact) mass is 311 g/mol. The number of halogens is 2. The molecular weight excluding hydrogens is 293 g/mol. The molecule has 1 aromatic carbocycles. The lowest BCUT2D eigenvalue weighted by atomic mass is 10.2. The highest BCUT2D eigenvalue weighted by Gasteiger charge is 2.08. The van der Waals surface area contributed by atoms with Gasteiger partial charge in [-0.3, -0.25) is 0 Å². The number of unbranched alkanes of at least 4 members (excludes halogenated alkanes) is 1. The summed E-state index contributed by atoms with van der Waals surface area (Å²) in [5, 5.41) is 4.65. The highest BCUT2D eigenvalue weighted by Crippen LogP contribution is 2.21. The number of hydrogen-bond acceptors (Lipinski definition) is 2. The smallest absolute Gasteiger partial charge is 0.152 e. The van der Waals surface area contributed by atoms with Crippen LogP contribution in [-0.4, -0.2) is 9.97 Å². The van der Waals surface area contributed by atoms with E-state index < -0.39 is 0 Å². The first-order chi connectivity index (χ1) is 9.60. The van der Waals surface area contributed by atoms with E-state index in [0.717, 1.165) is 47.1 Å². The van der Waals surface area contributed by atoms with E-state index in [2.05, 4.69) is 22.2 Å². The van der Waals surface area contributed by atoms with Crippen LogP contribution in [0.4, 0.5) is 5.69 Å². The van der Waals surface area contributed by atoms with Crippen LogP contribution < -0.4 is 5.32 Å². The molecule has 0 amide bonds. The van der Waals surface area contributed by atoms with Crippen LogP contribution in [-0.2, 0) is 13.0 Å². The van der Waals surface area contributed by atoms with E-state index in [0.29, 0.717) is 11.7 Å². The Bertz CT molecular complexity index is 578. The SMILES string of the molecule is CCCCc1nc(Cl)c(CNc2ccc(Cl)cc2C)[nH]1. The second-order valence-electron chi connectivity index (χ2n) is 4.87. The second kappa shape index (κ2) is 7.00. The molecule has 0 spiro atoms. The second-order valence-corrected chi connectivity index (χ2v) is 5.66. The Hall–Kier alpha value is -1.19. The zero-order valence-corrected chi connectivity index (χ0v) is 13.3. The largest absolute Gasteiger partial charge is 0.379 e. The summed E-state index contributed by atoms with van der Waals surface area (Å²) in [5.41, 5.74) is 3.08. The van der Waals surface area contributed by atoms with E-state index in [9.17, 15) is 0 Å². The number of nitrogens with one attached hydrogen (secondary N) is 2. The lowest BCUT2D eigenvalue weighted by Gasteiger charge is -2.08. The minimum Gasteiger partial charge on any atom is -0.379 e. The molecule has 3 nitrogen and oxygen atoms in total. The van der Waals surface area contributed by atoms with Crippen molar-refractivity contribution in [2.24, 2.45) is 0 Å². The van der Waals surface area contributed by atoms with E-state index in [1.54, 1.807) is 0 Å². The summed E-state index contributed by atoms with van der Waals surface area (Å²) in [6.45, 7) is 4.81. The molecule has 0 atom stereocenters. The predicted molar refractivity (Wildman–Crippen MR) is 85.7 cm³/mol. The van der Waals surface area contributed by atoms with Crippen LogP contribution in [0.1, 0.15) is 36.8 Å². The zero-order valence-electron chi connectivity index (χ0n) is 11.8. The van der Waals surface area contributed by atoms with Crippen LogP contribution in [0.5, 0.6) is 0 Å². The normalized spacial score (nSPS) is 10.8. The lowest BCUT2D eigenvalue weighted by Crippen LogP contribution is -2.02. The molecule has 2 aromatic rings. The van der Waals surface area contributed by atoms with Gasteiger partial charge in [0, 0.05) is 17.1 Å². The maximum atomic E-state index is 6.15. The molecule has 5 heteroatoms. The molecule has 2 rings (SSSR count). The molecule has 1 aromatic heterocycles. The van der Waals surface area contributed by atoms with Gasteiger partial charge in [0.25, 0.3) is 0 Å². The van der Waals surface area contributed by atoms with Gasteiger partial charge in [-0.1, -0.05) is 36.5 Å². The third kappa shape index (κ3) is 3.90. The van der Waals surface area contributed by atoms with E-state index in [1.807, 2.05) is 25.1 Å². The number of nitrogens with zero attached hydrogens (tertiary/aromatic N) is 1. The first kappa shape index (κ1) is 15.2. The van der Waals surface area contributed by atoms with E-state index in [1.165, 1.54) is 0 Å². The maximum Gasteiger partial charge on any atom is 0.152 e. The van der Waals surface area contributed by atoms with E-state index in [-0.39, 0.29) is 0 Å². The summed E-state index contributed by atoms with van der Waals surface area (Å²) >= 11 is 12.1. The maximum absolute atomic E-state index is 6.15. The average molecular weight is 312 g/mol. The standard InChI is InChI=1S/C15H19Cl2N3/c1-3-4-5-14-19-13(15(17)20-14)9-18-12-7-6-11(16)8-10(12)2/h6-8,18H,3-5,9H2,1-2H3,(H,19,20). The van der Waals surface area contributed by atoms with Crippen LogP contribution in [0, 0.1) is 6.92 Å². The molecule has 2 N–H and O–H groups in total. The van der Waals surface area contributed by atoms with Gasteiger partial charge in [-0.05, 0) is 37.1 Å². The Balaban J connectivity index is 2.01. The quantitative estimate of drug-likeness (QED) is 0.790. The average Bonchev–Trinajstić information content (AvgIpc) is 2.76. The van der Waals surface area contributed by atoms with Gasteiger partial charge in [0.05, 0.1) is 12.2 Å². The molecule has 1 heterocycles. The molecule has 0 aliphatic rings. The fraction of sp³-hybridized carbons (Fsp3) is 0.400. The summed E-state index contributed by atoms with van der Waals surface area (Å²) in [5.74, 6) is 0.960. The molecular formula is C15H19Cl2N3. The Morgan fingerprint density at radius 2 is 2.10 bits per heavy atom. The zero-order chi connectivity index (χ0) is 14.5. The van der Waals surface area contributed by atoms with Gasteiger partial charge >= 0.3 is 0 Å². The molecule has 20 heavy (non-hydrogen) atoms. The number of aromatic nitrogens is 2. The van der Waals surface area contributed by atoms with Crippen molar-refractivity contribution in [1.29, 1.82) is 0 Å². The molecule has 0 fully saturated rings.